The van der Waals surface area contributed by atoms with Crippen LogP contribution in [0.2, 0.25) is 0 Å². The van der Waals surface area contributed by atoms with Gasteiger partial charge in [0.2, 0.25) is 0 Å². The van der Waals surface area contributed by atoms with Crippen molar-refractivity contribution < 1.29 is 4.79 Å². The molecule has 0 saturated carbocycles. The number of hydrogen-bond donors (Lipinski definition) is 2. The molecule has 4 nitrogen and oxygen atoms in total. The van der Waals surface area contributed by atoms with Gasteiger partial charge in [0.05, 0.1) is 17.6 Å². The Morgan fingerprint density at radius 1 is 0.960 bits per heavy atom. The Kier molecular flexibility index (Phi) is 5.80. The minimum Gasteiger partial charge on any atom is -0.353 e. The van der Waals surface area contributed by atoms with E-state index in [9.17, 15) is 4.79 Å². The largest absolute Gasteiger partial charge is 0.353 e. The zero-order valence-corrected chi connectivity index (χ0v) is 15.2. The van der Waals surface area contributed by atoms with E-state index in [0.717, 1.165) is 22.3 Å². The minimum absolute atomic E-state index is 0.164. The summed E-state index contributed by atoms with van der Waals surface area (Å²) in [5.41, 5.74) is 3.38. The molecule has 3 aromatic rings. The fourth-order valence-electron chi connectivity index (χ4n) is 2.38. The molecule has 2 N–H and O–H groups in total. The van der Waals surface area contributed by atoms with E-state index in [1.807, 2.05) is 60.7 Å². The standard InChI is InChI=1S/C20H18BrN3O/c21-17-8-4-5-9-18(17)24-16-10-11-19(23-14-16)20(25)22-13-12-15-6-2-1-3-7-15/h1-11,14,24H,12-13H2,(H,22,25). The molecule has 0 fully saturated rings. The molecule has 2 aromatic carbocycles. The second-order valence-electron chi connectivity index (χ2n) is 5.53. The summed E-state index contributed by atoms with van der Waals surface area (Å²) in [4.78, 5) is 16.4. The lowest BCUT2D eigenvalue weighted by molar-refractivity contribution is 0.0949. The Morgan fingerprint density at radius 2 is 1.72 bits per heavy atom. The van der Waals surface area contributed by atoms with Crippen LogP contribution in [0.15, 0.2) is 77.4 Å². The number of nitrogens with one attached hydrogen (secondary N) is 2. The van der Waals surface area contributed by atoms with Gasteiger partial charge in [0.1, 0.15) is 5.69 Å². The smallest absolute Gasteiger partial charge is 0.269 e. The van der Waals surface area contributed by atoms with Gasteiger partial charge in [-0.1, -0.05) is 42.5 Å². The highest BCUT2D eigenvalue weighted by Crippen LogP contribution is 2.24. The Hall–Kier alpha value is -2.66. The van der Waals surface area contributed by atoms with Crippen LogP contribution in [-0.2, 0) is 6.42 Å². The van der Waals surface area contributed by atoms with Crippen molar-refractivity contribution in [1.29, 1.82) is 0 Å². The van der Waals surface area contributed by atoms with E-state index in [0.29, 0.717) is 12.2 Å². The zero-order chi connectivity index (χ0) is 17.5. The van der Waals surface area contributed by atoms with Crippen LogP contribution in [0, 0.1) is 0 Å². The van der Waals surface area contributed by atoms with E-state index in [4.69, 9.17) is 0 Å². The Bertz CT molecular complexity index is 835. The number of benzene rings is 2. The molecule has 1 amide bonds. The first-order valence-corrected chi connectivity index (χ1v) is 8.81. The van der Waals surface area contributed by atoms with E-state index in [1.165, 1.54) is 5.56 Å². The monoisotopic (exact) mass is 395 g/mol. The lowest BCUT2D eigenvalue weighted by atomic mass is 10.1. The maximum absolute atomic E-state index is 12.2. The first-order chi connectivity index (χ1) is 12.2. The highest BCUT2D eigenvalue weighted by molar-refractivity contribution is 9.10. The van der Waals surface area contributed by atoms with E-state index >= 15 is 0 Å². The molecule has 0 aliphatic carbocycles. The number of rotatable bonds is 6. The van der Waals surface area contributed by atoms with Gasteiger partial charge in [-0.25, -0.2) is 4.98 Å². The maximum atomic E-state index is 12.2. The number of carbonyl (C=O) groups excluding carboxylic acids is 1. The number of anilines is 2. The second kappa shape index (κ2) is 8.44. The van der Waals surface area contributed by atoms with Gasteiger partial charge in [0.25, 0.3) is 5.91 Å². The third kappa shape index (κ3) is 4.90. The van der Waals surface area contributed by atoms with Crippen LogP contribution < -0.4 is 10.6 Å². The number of aromatic nitrogens is 1. The molecule has 0 radical (unpaired) electrons. The molecule has 0 atom stereocenters. The summed E-state index contributed by atoms with van der Waals surface area (Å²) in [6.07, 6.45) is 2.46. The van der Waals surface area contributed by atoms with Crippen LogP contribution in [0.3, 0.4) is 0 Å². The molecule has 25 heavy (non-hydrogen) atoms. The Balaban J connectivity index is 1.54. The van der Waals surface area contributed by atoms with Crippen molar-refractivity contribution in [2.45, 2.75) is 6.42 Å². The number of amides is 1. The van der Waals surface area contributed by atoms with Crippen molar-refractivity contribution in [3.05, 3.63) is 88.7 Å². The van der Waals surface area contributed by atoms with Crippen molar-refractivity contribution in [3.63, 3.8) is 0 Å². The molecule has 1 heterocycles. The van der Waals surface area contributed by atoms with Gasteiger partial charge in [-0.05, 0) is 52.2 Å². The SMILES string of the molecule is O=C(NCCc1ccccc1)c1ccc(Nc2ccccc2Br)cn1. The fourth-order valence-corrected chi connectivity index (χ4v) is 2.76. The van der Waals surface area contributed by atoms with Gasteiger partial charge in [0.15, 0.2) is 0 Å². The molecule has 0 unspecified atom stereocenters. The molecular formula is C20H18BrN3O. The average Bonchev–Trinajstić information content (AvgIpc) is 2.65. The van der Waals surface area contributed by atoms with E-state index in [-0.39, 0.29) is 5.91 Å². The van der Waals surface area contributed by atoms with E-state index in [2.05, 4.69) is 31.5 Å². The predicted octanol–water partition coefficient (Wildman–Crippen LogP) is 4.56. The molecule has 0 aliphatic rings. The second-order valence-corrected chi connectivity index (χ2v) is 6.38. The number of para-hydroxylation sites is 1. The quantitative estimate of drug-likeness (QED) is 0.642. The molecule has 0 spiro atoms. The van der Waals surface area contributed by atoms with Crippen molar-refractivity contribution >= 4 is 33.2 Å². The predicted molar refractivity (Wildman–Crippen MR) is 104 cm³/mol. The normalized spacial score (nSPS) is 10.3. The number of carbonyl (C=O) groups is 1. The van der Waals surface area contributed by atoms with Crippen LogP contribution in [0.4, 0.5) is 11.4 Å². The lowest BCUT2D eigenvalue weighted by Crippen LogP contribution is -2.26. The van der Waals surface area contributed by atoms with Gasteiger partial charge >= 0.3 is 0 Å². The third-order valence-corrected chi connectivity index (χ3v) is 4.38. The summed E-state index contributed by atoms with van der Waals surface area (Å²) >= 11 is 3.49. The molecule has 1 aromatic heterocycles. The highest BCUT2D eigenvalue weighted by Gasteiger charge is 2.07. The van der Waals surface area contributed by atoms with Crippen LogP contribution in [0.25, 0.3) is 0 Å². The minimum atomic E-state index is -0.164. The molecule has 0 bridgehead atoms. The van der Waals surface area contributed by atoms with Gasteiger partial charge in [-0.3, -0.25) is 4.79 Å². The summed E-state index contributed by atoms with van der Waals surface area (Å²) in [5.74, 6) is -0.164. The topological polar surface area (TPSA) is 54.0 Å². The van der Waals surface area contributed by atoms with Crippen molar-refractivity contribution in [2.24, 2.45) is 0 Å². The Labute approximate surface area is 155 Å². The molecule has 5 heteroatoms. The first-order valence-electron chi connectivity index (χ1n) is 8.02. The lowest BCUT2D eigenvalue weighted by Gasteiger charge is -2.09. The third-order valence-electron chi connectivity index (χ3n) is 3.69. The molecule has 3 rings (SSSR count). The molecular weight excluding hydrogens is 378 g/mol. The highest BCUT2D eigenvalue weighted by atomic mass is 79.9. The summed E-state index contributed by atoms with van der Waals surface area (Å²) < 4.78 is 0.970. The molecule has 0 aliphatic heterocycles. The van der Waals surface area contributed by atoms with Gasteiger partial charge in [-0.15, -0.1) is 0 Å². The maximum Gasteiger partial charge on any atom is 0.269 e. The molecule has 126 valence electrons. The van der Waals surface area contributed by atoms with Crippen molar-refractivity contribution in [1.82, 2.24) is 10.3 Å². The van der Waals surface area contributed by atoms with Gasteiger partial charge in [-0.2, -0.15) is 0 Å². The number of halogens is 1. The first kappa shape index (κ1) is 17.2. The molecule has 0 saturated heterocycles. The van der Waals surface area contributed by atoms with Crippen LogP contribution in [0.1, 0.15) is 16.1 Å². The average molecular weight is 396 g/mol. The number of pyridine rings is 1. The Morgan fingerprint density at radius 3 is 2.44 bits per heavy atom. The van der Waals surface area contributed by atoms with Crippen molar-refractivity contribution in [3.8, 4) is 0 Å². The summed E-state index contributed by atoms with van der Waals surface area (Å²) in [6.45, 7) is 0.585. The summed E-state index contributed by atoms with van der Waals surface area (Å²) in [7, 11) is 0. The van der Waals surface area contributed by atoms with E-state index in [1.54, 1.807) is 12.3 Å². The van der Waals surface area contributed by atoms with Crippen molar-refractivity contribution in [2.75, 3.05) is 11.9 Å². The number of hydrogen-bond acceptors (Lipinski definition) is 3. The summed E-state index contributed by atoms with van der Waals surface area (Å²) in [5, 5.41) is 6.16. The fraction of sp³-hybridized carbons (Fsp3) is 0.100. The van der Waals surface area contributed by atoms with Crippen LogP contribution >= 0.6 is 15.9 Å². The number of nitrogens with zero attached hydrogens (tertiary/aromatic N) is 1. The van der Waals surface area contributed by atoms with E-state index < -0.39 is 0 Å². The van der Waals surface area contributed by atoms with Gasteiger partial charge in [0, 0.05) is 11.0 Å². The zero-order valence-electron chi connectivity index (χ0n) is 13.6. The van der Waals surface area contributed by atoms with Crippen LogP contribution in [0.5, 0.6) is 0 Å². The van der Waals surface area contributed by atoms with Gasteiger partial charge < -0.3 is 10.6 Å². The van der Waals surface area contributed by atoms with Crippen LogP contribution in [-0.4, -0.2) is 17.4 Å². The summed E-state index contributed by atoms with van der Waals surface area (Å²) in [6, 6.07) is 21.5.